The van der Waals surface area contributed by atoms with E-state index in [1.807, 2.05) is 6.92 Å². The summed E-state index contributed by atoms with van der Waals surface area (Å²) in [5.41, 5.74) is 1.08. The topological polar surface area (TPSA) is 96.5 Å². The fraction of sp³-hybridized carbons (Fsp3) is 0.353. The van der Waals surface area contributed by atoms with Crippen molar-refractivity contribution in [2.75, 3.05) is 17.7 Å². The van der Waals surface area contributed by atoms with Crippen molar-refractivity contribution in [1.82, 2.24) is 5.32 Å². The van der Waals surface area contributed by atoms with E-state index in [1.54, 1.807) is 39.0 Å². The molecule has 0 radical (unpaired) electrons. The molecule has 0 atom stereocenters. The monoisotopic (exact) mass is 333 g/mol. The number of rotatable bonds is 4. The van der Waals surface area contributed by atoms with Gasteiger partial charge in [-0.25, -0.2) is 4.79 Å². The van der Waals surface area contributed by atoms with Gasteiger partial charge < -0.3 is 15.4 Å². The summed E-state index contributed by atoms with van der Waals surface area (Å²) in [6.45, 7) is 7.13. The van der Waals surface area contributed by atoms with Gasteiger partial charge in [0.1, 0.15) is 5.60 Å². The van der Waals surface area contributed by atoms with E-state index in [-0.39, 0.29) is 5.91 Å². The lowest BCUT2D eigenvalue weighted by Gasteiger charge is -2.20. The SMILES string of the molecule is CNC(=O)/C=C/C(=O)Nc1cc(C)ccc1NC(=O)OC(C)(C)C. The first kappa shape index (κ1) is 19.2. The molecule has 0 aliphatic rings. The molecule has 0 fully saturated rings. The van der Waals surface area contributed by atoms with Crippen molar-refractivity contribution >= 4 is 29.3 Å². The zero-order chi connectivity index (χ0) is 18.3. The van der Waals surface area contributed by atoms with Gasteiger partial charge in [-0.05, 0) is 45.4 Å². The van der Waals surface area contributed by atoms with E-state index in [4.69, 9.17) is 4.74 Å². The summed E-state index contributed by atoms with van der Waals surface area (Å²) in [5, 5.41) is 7.59. The number of benzene rings is 1. The van der Waals surface area contributed by atoms with Crippen LogP contribution in [0.2, 0.25) is 0 Å². The second kappa shape index (κ2) is 8.14. The third kappa shape index (κ3) is 6.95. The number of nitrogens with one attached hydrogen (secondary N) is 3. The Morgan fingerprint density at radius 1 is 1.00 bits per heavy atom. The van der Waals surface area contributed by atoms with Crippen LogP contribution in [-0.4, -0.2) is 30.6 Å². The quantitative estimate of drug-likeness (QED) is 0.738. The number of ether oxygens (including phenoxy) is 1. The van der Waals surface area contributed by atoms with Crippen molar-refractivity contribution in [2.24, 2.45) is 0 Å². The first-order chi connectivity index (χ1) is 11.1. The lowest BCUT2D eigenvalue weighted by atomic mass is 10.2. The molecule has 1 rings (SSSR count). The van der Waals surface area contributed by atoms with Crippen molar-refractivity contribution in [1.29, 1.82) is 0 Å². The van der Waals surface area contributed by atoms with Crippen molar-refractivity contribution in [3.8, 4) is 0 Å². The summed E-state index contributed by atoms with van der Waals surface area (Å²) < 4.78 is 5.20. The van der Waals surface area contributed by atoms with Crippen molar-refractivity contribution in [2.45, 2.75) is 33.3 Å². The Labute approximate surface area is 141 Å². The number of likely N-dealkylation sites (N-methyl/N-ethyl adjacent to an activating group) is 1. The van der Waals surface area contributed by atoms with Crippen LogP contribution in [0.15, 0.2) is 30.4 Å². The fourth-order valence-electron chi connectivity index (χ4n) is 1.69. The van der Waals surface area contributed by atoms with E-state index in [0.717, 1.165) is 17.7 Å². The van der Waals surface area contributed by atoms with Gasteiger partial charge in [0.05, 0.1) is 11.4 Å². The molecule has 0 unspecified atom stereocenters. The Morgan fingerprint density at radius 3 is 2.21 bits per heavy atom. The van der Waals surface area contributed by atoms with Crippen molar-refractivity contribution in [3.05, 3.63) is 35.9 Å². The highest BCUT2D eigenvalue weighted by molar-refractivity contribution is 6.05. The number of carbonyl (C=O) groups excluding carboxylic acids is 3. The Balaban J connectivity index is 2.89. The van der Waals surface area contributed by atoms with E-state index < -0.39 is 17.6 Å². The van der Waals surface area contributed by atoms with Gasteiger partial charge in [-0.1, -0.05) is 6.07 Å². The average molecular weight is 333 g/mol. The lowest BCUT2D eigenvalue weighted by molar-refractivity contribution is -0.117. The van der Waals surface area contributed by atoms with Crippen LogP contribution in [0, 0.1) is 6.92 Å². The van der Waals surface area contributed by atoms with Gasteiger partial charge in [0.2, 0.25) is 11.8 Å². The van der Waals surface area contributed by atoms with Gasteiger partial charge in [0.25, 0.3) is 0 Å². The smallest absolute Gasteiger partial charge is 0.412 e. The molecule has 1 aromatic carbocycles. The van der Waals surface area contributed by atoms with Gasteiger partial charge in [-0.15, -0.1) is 0 Å². The third-order valence-electron chi connectivity index (χ3n) is 2.70. The molecular formula is C17H23N3O4. The van der Waals surface area contributed by atoms with E-state index in [1.165, 1.54) is 7.05 Å². The molecule has 24 heavy (non-hydrogen) atoms. The molecule has 0 bridgehead atoms. The molecule has 0 saturated heterocycles. The molecule has 7 nitrogen and oxygen atoms in total. The van der Waals surface area contributed by atoms with E-state index >= 15 is 0 Å². The molecule has 3 amide bonds. The molecule has 0 saturated carbocycles. The number of carbonyl (C=O) groups is 3. The number of aryl methyl sites for hydroxylation is 1. The van der Waals surface area contributed by atoms with Crippen LogP contribution in [0.5, 0.6) is 0 Å². The highest BCUT2D eigenvalue weighted by Crippen LogP contribution is 2.24. The van der Waals surface area contributed by atoms with E-state index in [9.17, 15) is 14.4 Å². The number of hydrogen-bond donors (Lipinski definition) is 3. The number of amides is 3. The minimum Gasteiger partial charge on any atom is -0.444 e. The van der Waals surface area contributed by atoms with Crippen molar-refractivity contribution in [3.63, 3.8) is 0 Å². The number of hydrogen-bond acceptors (Lipinski definition) is 4. The lowest BCUT2D eigenvalue weighted by Crippen LogP contribution is -2.27. The molecule has 0 aliphatic carbocycles. The average Bonchev–Trinajstić information content (AvgIpc) is 2.45. The third-order valence-corrected chi connectivity index (χ3v) is 2.70. The predicted molar refractivity (Wildman–Crippen MR) is 92.9 cm³/mol. The molecule has 7 heteroatoms. The molecule has 1 aromatic rings. The van der Waals surface area contributed by atoms with Crippen LogP contribution in [0.4, 0.5) is 16.2 Å². The van der Waals surface area contributed by atoms with Gasteiger partial charge in [-0.3, -0.25) is 14.9 Å². The largest absolute Gasteiger partial charge is 0.444 e. The second-order valence-electron chi connectivity index (χ2n) is 6.11. The Kier molecular flexibility index (Phi) is 6.52. The van der Waals surface area contributed by atoms with E-state index in [2.05, 4.69) is 16.0 Å². The van der Waals surface area contributed by atoms with E-state index in [0.29, 0.717) is 11.4 Å². The first-order valence-corrected chi connectivity index (χ1v) is 7.42. The normalized spacial score (nSPS) is 11.0. The summed E-state index contributed by atoms with van der Waals surface area (Å²) in [6.07, 6.45) is 1.60. The van der Waals surface area contributed by atoms with Crippen LogP contribution in [0.3, 0.4) is 0 Å². The molecule has 0 heterocycles. The van der Waals surface area contributed by atoms with Gasteiger partial charge in [-0.2, -0.15) is 0 Å². The van der Waals surface area contributed by atoms with Gasteiger partial charge >= 0.3 is 6.09 Å². The molecule has 3 N–H and O–H groups in total. The maximum Gasteiger partial charge on any atom is 0.412 e. The molecule has 0 aliphatic heterocycles. The summed E-state index contributed by atoms with van der Waals surface area (Å²) in [5.74, 6) is -0.877. The second-order valence-corrected chi connectivity index (χ2v) is 6.11. The summed E-state index contributed by atoms with van der Waals surface area (Å²) in [4.78, 5) is 34.9. The highest BCUT2D eigenvalue weighted by Gasteiger charge is 2.17. The minimum atomic E-state index is -0.631. The standard InChI is InChI=1S/C17H23N3O4/c1-11-6-7-12(20-16(23)24-17(2,3)4)13(10-11)19-15(22)9-8-14(21)18-5/h6-10H,1-5H3,(H,18,21)(H,19,22)(H,20,23)/b9-8+. The summed E-state index contributed by atoms with van der Waals surface area (Å²) in [6, 6.07) is 5.17. The maximum absolute atomic E-state index is 11.9. The summed E-state index contributed by atoms with van der Waals surface area (Å²) in [7, 11) is 1.47. The maximum atomic E-state index is 11.9. The van der Waals surface area contributed by atoms with Crippen LogP contribution < -0.4 is 16.0 Å². The minimum absolute atomic E-state index is 0.388. The highest BCUT2D eigenvalue weighted by atomic mass is 16.6. The van der Waals surface area contributed by atoms with Gasteiger partial charge in [0.15, 0.2) is 0 Å². The zero-order valence-electron chi connectivity index (χ0n) is 14.5. The van der Waals surface area contributed by atoms with Gasteiger partial charge in [0, 0.05) is 19.2 Å². The van der Waals surface area contributed by atoms with Crippen LogP contribution in [0.25, 0.3) is 0 Å². The van der Waals surface area contributed by atoms with Crippen LogP contribution >= 0.6 is 0 Å². The molecular weight excluding hydrogens is 310 g/mol. The van der Waals surface area contributed by atoms with Crippen molar-refractivity contribution < 1.29 is 19.1 Å². The van der Waals surface area contributed by atoms with Crippen LogP contribution in [0.1, 0.15) is 26.3 Å². The number of anilines is 2. The Bertz CT molecular complexity index is 660. The van der Waals surface area contributed by atoms with Crippen LogP contribution in [-0.2, 0) is 14.3 Å². The first-order valence-electron chi connectivity index (χ1n) is 7.42. The fourth-order valence-corrected chi connectivity index (χ4v) is 1.69. The zero-order valence-corrected chi connectivity index (χ0v) is 14.5. The Hall–Kier alpha value is -2.83. The molecule has 130 valence electrons. The summed E-state index contributed by atoms with van der Waals surface area (Å²) >= 11 is 0. The molecule has 0 spiro atoms. The molecule has 0 aromatic heterocycles. The Morgan fingerprint density at radius 2 is 1.62 bits per heavy atom. The predicted octanol–water partition coefficient (Wildman–Crippen LogP) is 2.58.